The summed E-state index contributed by atoms with van der Waals surface area (Å²) in [7, 11) is -3.53. The Morgan fingerprint density at radius 2 is 1.84 bits per heavy atom. The fourth-order valence-electron chi connectivity index (χ4n) is 1.63. The molecule has 0 aromatic heterocycles. The van der Waals surface area contributed by atoms with E-state index in [1.165, 1.54) is 0 Å². The van der Waals surface area contributed by atoms with E-state index in [-0.39, 0.29) is 29.4 Å². The molecule has 2 atom stereocenters. The average molecular weight is 285 g/mol. The summed E-state index contributed by atoms with van der Waals surface area (Å²) in [4.78, 5) is 0.274. The predicted molar refractivity (Wildman–Crippen MR) is 76.6 cm³/mol. The van der Waals surface area contributed by atoms with Crippen LogP contribution in [0.3, 0.4) is 0 Å². The third-order valence-corrected chi connectivity index (χ3v) is 4.87. The van der Waals surface area contributed by atoms with Gasteiger partial charge in [0.25, 0.3) is 0 Å². The molecule has 0 aliphatic rings. The number of sulfonamides is 1. The smallest absolute Gasteiger partial charge is 0.240 e. The Labute approximate surface area is 115 Å². The van der Waals surface area contributed by atoms with E-state index < -0.39 is 10.0 Å². The molecule has 5 heteroatoms. The van der Waals surface area contributed by atoms with Gasteiger partial charge in [-0.3, -0.25) is 0 Å². The Balaban J connectivity index is 2.97. The minimum atomic E-state index is -3.53. The fraction of sp³-hybridized carbons (Fsp3) is 0.571. The van der Waals surface area contributed by atoms with Crippen molar-refractivity contribution in [1.29, 1.82) is 0 Å². The maximum atomic E-state index is 12.2. The van der Waals surface area contributed by atoms with Gasteiger partial charge in [0.05, 0.1) is 4.90 Å². The lowest BCUT2D eigenvalue weighted by atomic mass is 10.0. The Morgan fingerprint density at radius 3 is 2.37 bits per heavy atom. The summed E-state index contributed by atoms with van der Waals surface area (Å²) in [5.74, 6) is 0.159. The monoisotopic (exact) mass is 285 g/mol. The van der Waals surface area contributed by atoms with Crippen LogP contribution in [0.2, 0.25) is 0 Å². The lowest BCUT2D eigenvalue weighted by Crippen LogP contribution is -2.38. The molecule has 0 heterocycles. The first-order chi connectivity index (χ1) is 8.77. The number of rotatable bonds is 6. The first kappa shape index (κ1) is 16.1. The van der Waals surface area contributed by atoms with Crippen molar-refractivity contribution < 1.29 is 13.5 Å². The molecule has 0 saturated heterocycles. The van der Waals surface area contributed by atoms with Crippen LogP contribution in [0.25, 0.3) is 0 Å². The normalized spacial score (nSPS) is 15.5. The molecule has 0 aliphatic heterocycles. The molecule has 0 aliphatic carbocycles. The van der Waals surface area contributed by atoms with Gasteiger partial charge in [0, 0.05) is 12.6 Å². The number of benzene rings is 1. The van der Waals surface area contributed by atoms with E-state index in [0.717, 1.165) is 5.56 Å². The highest BCUT2D eigenvalue weighted by atomic mass is 32.2. The SMILES string of the molecule is CC(C)c1cccc(S(=O)(=O)NC(C)C(C)CO)c1. The van der Waals surface area contributed by atoms with Crippen molar-refractivity contribution in [2.45, 2.75) is 44.6 Å². The van der Waals surface area contributed by atoms with Crippen molar-refractivity contribution in [2.24, 2.45) is 5.92 Å². The van der Waals surface area contributed by atoms with Crippen LogP contribution in [0.4, 0.5) is 0 Å². The molecule has 1 aromatic carbocycles. The number of aliphatic hydroxyl groups is 1. The van der Waals surface area contributed by atoms with Crippen LogP contribution in [0.5, 0.6) is 0 Å². The van der Waals surface area contributed by atoms with Crippen LogP contribution in [0, 0.1) is 5.92 Å². The number of hydrogen-bond donors (Lipinski definition) is 2. The number of aliphatic hydroxyl groups excluding tert-OH is 1. The molecule has 0 spiro atoms. The molecule has 19 heavy (non-hydrogen) atoms. The van der Waals surface area contributed by atoms with Crippen molar-refractivity contribution in [3.05, 3.63) is 29.8 Å². The average Bonchev–Trinajstić information content (AvgIpc) is 2.37. The quantitative estimate of drug-likeness (QED) is 0.841. The molecule has 0 amide bonds. The van der Waals surface area contributed by atoms with Crippen LogP contribution in [0.15, 0.2) is 29.2 Å². The van der Waals surface area contributed by atoms with Crippen LogP contribution in [0.1, 0.15) is 39.2 Å². The third kappa shape index (κ3) is 4.30. The molecule has 1 aromatic rings. The van der Waals surface area contributed by atoms with E-state index in [0.29, 0.717) is 0 Å². The Hall–Kier alpha value is -0.910. The van der Waals surface area contributed by atoms with Crippen molar-refractivity contribution in [3.8, 4) is 0 Å². The summed E-state index contributed by atoms with van der Waals surface area (Å²) in [6.07, 6.45) is 0. The Kier molecular flexibility index (Phi) is 5.52. The van der Waals surface area contributed by atoms with Gasteiger partial charge in [-0.15, -0.1) is 0 Å². The van der Waals surface area contributed by atoms with Crippen LogP contribution >= 0.6 is 0 Å². The summed E-state index contributed by atoms with van der Waals surface area (Å²) in [5, 5.41) is 9.05. The van der Waals surface area contributed by atoms with Gasteiger partial charge in [-0.25, -0.2) is 13.1 Å². The fourth-order valence-corrected chi connectivity index (χ4v) is 3.03. The molecule has 2 unspecified atom stereocenters. The largest absolute Gasteiger partial charge is 0.396 e. The predicted octanol–water partition coefficient (Wildman–Crippen LogP) is 2.11. The first-order valence-corrected chi connectivity index (χ1v) is 7.99. The lowest BCUT2D eigenvalue weighted by molar-refractivity contribution is 0.216. The zero-order valence-corrected chi connectivity index (χ0v) is 12.7. The lowest BCUT2D eigenvalue weighted by Gasteiger charge is -2.19. The maximum absolute atomic E-state index is 12.2. The van der Waals surface area contributed by atoms with E-state index in [4.69, 9.17) is 5.11 Å². The standard InChI is InChI=1S/C14H23NO3S/c1-10(2)13-6-5-7-14(8-13)19(17,18)15-12(4)11(3)9-16/h5-8,10-12,15-16H,9H2,1-4H3. The molecular formula is C14H23NO3S. The molecule has 4 nitrogen and oxygen atoms in total. The Morgan fingerprint density at radius 1 is 1.21 bits per heavy atom. The second-order valence-electron chi connectivity index (χ2n) is 5.30. The van der Waals surface area contributed by atoms with Gasteiger partial charge in [-0.05, 0) is 36.5 Å². The van der Waals surface area contributed by atoms with Crippen molar-refractivity contribution in [1.82, 2.24) is 4.72 Å². The Bertz CT molecular complexity index is 511. The van der Waals surface area contributed by atoms with Gasteiger partial charge in [0.2, 0.25) is 10.0 Å². The van der Waals surface area contributed by atoms with Gasteiger partial charge in [0.1, 0.15) is 0 Å². The summed E-state index contributed by atoms with van der Waals surface area (Å²) >= 11 is 0. The molecule has 108 valence electrons. The van der Waals surface area contributed by atoms with Gasteiger partial charge in [-0.2, -0.15) is 0 Å². The minimum Gasteiger partial charge on any atom is -0.396 e. The summed E-state index contributed by atoms with van der Waals surface area (Å²) in [5.41, 5.74) is 0.991. The molecule has 0 radical (unpaired) electrons. The van der Waals surface area contributed by atoms with E-state index >= 15 is 0 Å². The molecule has 0 saturated carbocycles. The number of hydrogen-bond acceptors (Lipinski definition) is 3. The van der Waals surface area contributed by atoms with Gasteiger partial charge < -0.3 is 5.11 Å². The molecule has 2 N–H and O–H groups in total. The van der Waals surface area contributed by atoms with E-state index in [2.05, 4.69) is 4.72 Å². The van der Waals surface area contributed by atoms with Crippen molar-refractivity contribution in [2.75, 3.05) is 6.61 Å². The van der Waals surface area contributed by atoms with E-state index in [1.54, 1.807) is 32.0 Å². The maximum Gasteiger partial charge on any atom is 0.240 e. The minimum absolute atomic E-state index is 0.0459. The zero-order valence-electron chi connectivity index (χ0n) is 11.9. The van der Waals surface area contributed by atoms with Crippen molar-refractivity contribution >= 4 is 10.0 Å². The zero-order chi connectivity index (χ0) is 14.6. The summed E-state index contributed by atoms with van der Waals surface area (Å²) < 4.78 is 27.1. The highest BCUT2D eigenvalue weighted by Gasteiger charge is 2.21. The van der Waals surface area contributed by atoms with Gasteiger partial charge in [0.15, 0.2) is 0 Å². The molecule has 0 fully saturated rings. The van der Waals surface area contributed by atoms with Gasteiger partial charge >= 0.3 is 0 Å². The van der Waals surface area contributed by atoms with Crippen molar-refractivity contribution in [3.63, 3.8) is 0 Å². The summed E-state index contributed by atoms with van der Waals surface area (Å²) in [6, 6.07) is 6.65. The first-order valence-electron chi connectivity index (χ1n) is 6.51. The topological polar surface area (TPSA) is 66.4 Å². The van der Waals surface area contributed by atoms with Gasteiger partial charge in [-0.1, -0.05) is 32.9 Å². The highest BCUT2D eigenvalue weighted by Crippen LogP contribution is 2.19. The third-order valence-electron chi connectivity index (χ3n) is 3.32. The summed E-state index contributed by atoms with van der Waals surface area (Å²) in [6.45, 7) is 7.56. The number of nitrogens with one attached hydrogen (secondary N) is 1. The van der Waals surface area contributed by atoms with E-state index in [1.807, 2.05) is 19.9 Å². The second kappa shape index (κ2) is 6.50. The van der Waals surface area contributed by atoms with E-state index in [9.17, 15) is 8.42 Å². The van der Waals surface area contributed by atoms with Crippen LogP contribution in [-0.4, -0.2) is 26.2 Å². The molecule has 1 rings (SSSR count). The molecule has 0 bridgehead atoms. The highest BCUT2D eigenvalue weighted by molar-refractivity contribution is 7.89. The van der Waals surface area contributed by atoms with Crippen LogP contribution in [-0.2, 0) is 10.0 Å². The molecular weight excluding hydrogens is 262 g/mol. The second-order valence-corrected chi connectivity index (χ2v) is 7.01. The van der Waals surface area contributed by atoms with Crippen LogP contribution < -0.4 is 4.72 Å².